The van der Waals surface area contributed by atoms with E-state index in [1.165, 1.54) is 4.57 Å². The molecule has 0 N–H and O–H groups in total. The Labute approximate surface area is 83.7 Å². The van der Waals surface area contributed by atoms with Crippen LogP contribution in [0.4, 0.5) is 0 Å². The molecule has 1 aromatic heterocycles. The maximum absolute atomic E-state index is 11.3. The molecule has 0 amide bonds. The van der Waals surface area contributed by atoms with Crippen LogP contribution in [0, 0.1) is 13.8 Å². The number of nitrogens with zero attached hydrogens (tertiary/aromatic N) is 2. The first-order valence-corrected chi connectivity index (χ1v) is 4.54. The van der Waals surface area contributed by atoms with E-state index in [1.807, 2.05) is 0 Å². The number of carbonyl (C=O) groups excluding carboxylic acids is 1. The van der Waals surface area contributed by atoms with Crippen LogP contribution in [0.1, 0.15) is 11.4 Å². The van der Waals surface area contributed by atoms with Crippen molar-refractivity contribution >= 4 is 22.2 Å². The second-order valence-corrected chi connectivity index (χ2v) is 3.45. The summed E-state index contributed by atoms with van der Waals surface area (Å²) in [5.41, 5.74) is 0.986. The SMILES string of the molecule is Cc1nc(=O)n(CC=O)c(C)c1Br. The van der Waals surface area contributed by atoms with Crippen molar-refractivity contribution in [2.75, 3.05) is 0 Å². The molecule has 0 aliphatic carbocycles. The summed E-state index contributed by atoms with van der Waals surface area (Å²) >= 11 is 3.30. The number of rotatable bonds is 2. The van der Waals surface area contributed by atoms with Gasteiger partial charge in [-0.1, -0.05) is 0 Å². The quantitative estimate of drug-likeness (QED) is 0.725. The first kappa shape index (κ1) is 10.1. The van der Waals surface area contributed by atoms with Crippen molar-refractivity contribution < 1.29 is 4.79 Å². The van der Waals surface area contributed by atoms with Crippen molar-refractivity contribution in [2.45, 2.75) is 20.4 Å². The molecular weight excluding hydrogens is 236 g/mol. The van der Waals surface area contributed by atoms with Gasteiger partial charge in [0.2, 0.25) is 0 Å². The van der Waals surface area contributed by atoms with Gasteiger partial charge in [-0.2, -0.15) is 4.98 Å². The number of aromatic nitrogens is 2. The average molecular weight is 245 g/mol. The van der Waals surface area contributed by atoms with Gasteiger partial charge in [-0.25, -0.2) is 4.79 Å². The van der Waals surface area contributed by atoms with Crippen LogP contribution in [0.3, 0.4) is 0 Å². The van der Waals surface area contributed by atoms with Gasteiger partial charge in [0, 0.05) is 5.69 Å². The van der Waals surface area contributed by atoms with Gasteiger partial charge in [0.25, 0.3) is 0 Å². The normalized spacial score (nSPS) is 10.1. The zero-order valence-corrected chi connectivity index (χ0v) is 8.96. The van der Waals surface area contributed by atoms with Crippen molar-refractivity contribution in [2.24, 2.45) is 0 Å². The Hall–Kier alpha value is -0.970. The summed E-state index contributed by atoms with van der Waals surface area (Å²) in [5.74, 6) is 0. The van der Waals surface area contributed by atoms with Gasteiger partial charge in [-0.05, 0) is 29.8 Å². The van der Waals surface area contributed by atoms with Gasteiger partial charge < -0.3 is 4.79 Å². The van der Waals surface area contributed by atoms with Crippen LogP contribution in [0.5, 0.6) is 0 Å². The summed E-state index contributed by atoms with van der Waals surface area (Å²) in [4.78, 5) is 25.3. The Kier molecular flexibility index (Phi) is 2.98. The molecule has 0 unspecified atom stereocenters. The Bertz CT molecular complexity index is 398. The molecule has 4 nitrogen and oxygen atoms in total. The maximum Gasteiger partial charge on any atom is 0.348 e. The fourth-order valence-electron chi connectivity index (χ4n) is 1.07. The topological polar surface area (TPSA) is 52.0 Å². The van der Waals surface area contributed by atoms with Crippen molar-refractivity contribution in [3.8, 4) is 0 Å². The lowest BCUT2D eigenvalue weighted by molar-refractivity contribution is -0.108. The van der Waals surface area contributed by atoms with Gasteiger partial charge >= 0.3 is 5.69 Å². The van der Waals surface area contributed by atoms with E-state index in [-0.39, 0.29) is 12.2 Å². The van der Waals surface area contributed by atoms with Crippen molar-refractivity contribution in [3.63, 3.8) is 0 Å². The van der Waals surface area contributed by atoms with Crippen LogP contribution in [0.2, 0.25) is 0 Å². The summed E-state index contributed by atoms with van der Waals surface area (Å²) in [6.45, 7) is 3.56. The molecule has 0 aliphatic heterocycles. The van der Waals surface area contributed by atoms with Crippen LogP contribution in [0.25, 0.3) is 0 Å². The lowest BCUT2D eigenvalue weighted by Gasteiger charge is -2.08. The molecule has 0 fully saturated rings. The lowest BCUT2D eigenvalue weighted by Crippen LogP contribution is -2.26. The van der Waals surface area contributed by atoms with E-state index in [0.717, 1.165) is 10.2 Å². The number of halogens is 1. The van der Waals surface area contributed by atoms with Crippen LogP contribution < -0.4 is 5.69 Å². The Morgan fingerprint density at radius 1 is 1.54 bits per heavy atom. The second-order valence-electron chi connectivity index (χ2n) is 2.66. The predicted molar refractivity (Wildman–Crippen MR) is 51.7 cm³/mol. The standard InChI is InChI=1S/C8H9BrN2O2/c1-5-7(9)6(2)11(3-4-12)8(13)10-5/h4H,3H2,1-2H3. The molecule has 0 atom stereocenters. The summed E-state index contributed by atoms with van der Waals surface area (Å²) in [6, 6.07) is 0. The fraction of sp³-hybridized carbons (Fsp3) is 0.375. The highest BCUT2D eigenvalue weighted by atomic mass is 79.9. The van der Waals surface area contributed by atoms with Crippen molar-refractivity contribution in [3.05, 3.63) is 26.3 Å². The first-order valence-electron chi connectivity index (χ1n) is 3.75. The molecule has 0 aliphatic rings. The molecule has 1 rings (SSSR count). The Morgan fingerprint density at radius 3 is 2.69 bits per heavy atom. The summed E-state index contributed by atoms with van der Waals surface area (Å²) in [7, 11) is 0. The van der Waals surface area contributed by atoms with E-state index in [4.69, 9.17) is 0 Å². The minimum Gasteiger partial charge on any atom is -0.301 e. The molecule has 13 heavy (non-hydrogen) atoms. The smallest absolute Gasteiger partial charge is 0.301 e. The maximum atomic E-state index is 11.3. The zero-order chi connectivity index (χ0) is 10.0. The Morgan fingerprint density at radius 2 is 2.15 bits per heavy atom. The fourth-order valence-corrected chi connectivity index (χ4v) is 1.37. The number of carbonyl (C=O) groups is 1. The van der Waals surface area contributed by atoms with Crippen molar-refractivity contribution in [1.82, 2.24) is 9.55 Å². The van der Waals surface area contributed by atoms with Crippen LogP contribution in [0.15, 0.2) is 9.27 Å². The molecule has 1 aromatic rings. The lowest BCUT2D eigenvalue weighted by atomic mass is 10.3. The second kappa shape index (κ2) is 3.83. The molecule has 5 heteroatoms. The molecule has 0 saturated heterocycles. The van der Waals surface area contributed by atoms with Gasteiger partial charge in [-0.15, -0.1) is 0 Å². The highest BCUT2D eigenvalue weighted by Crippen LogP contribution is 2.16. The molecular formula is C8H9BrN2O2. The van der Waals surface area contributed by atoms with Gasteiger partial charge in [0.15, 0.2) is 0 Å². The van der Waals surface area contributed by atoms with E-state index in [0.29, 0.717) is 12.0 Å². The first-order chi connectivity index (χ1) is 6.07. The predicted octanol–water partition coefficient (Wildman–Crippen LogP) is 0.822. The van der Waals surface area contributed by atoms with Crippen LogP contribution in [-0.4, -0.2) is 15.8 Å². The third kappa shape index (κ3) is 1.85. The average Bonchev–Trinajstić information content (AvgIpc) is 2.09. The molecule has 0 aromatic carbocycles. The Balaban J connectivity index is 3.43. The minimum absolute atomic E-state index is 0.0521. The van der Waals surface area contributed by atoms with E-state index >= 15 is 0 Å². The minimum atomic E-state index is -0.384. The van der Waals surface area contributed by atoms with E-state index in [2.05, 4.69) is 20.9 Å². The van der Waals surface area contributed by atoms with E-state index in [9.17, 15) is 9.59 Å². The van der Waals surface area contributed by atoms with E-state index in [1.54, 1.807) is 13.8 Å². The highest BCUT2D eigenvalue weighted by Gasteiger charge is 2.07. The van der Waals surface area contributed by atoms with Crippen LogP contribution >= 0.6 is 15.9 Å². The van der Waals surface area contributed by atoms with Crippen molar-refractivity contribution in [1.29, 1.82) is 0 Å². The summed E-state index contributed by atoms with van der Waals surface area (Å²) in [6.07, 6.45) is 0.678. The summed E-state index contributed by atoms with van der Waals surface area (Å²) in [5, 5.41) is 0. The zero-order valence-electron chi connectivity index (χ0n) is 7.37. The number of aldehydes is 1. The third-order valence-corrected chi connectivity index (χ3v) is 2.94. The molecule has 1 heterocycles. The number of aryl methyl sites for hydroxylation is 1. The molecule has 0 radical (unpaired) electrons. The summed E-state index contributed by atoms with van der Waals surface area (Å²) < 4.78 is 2.10. The molecule has 0 bridgehead atoms. The van der Waals surface area contributed by atoms with Gasteiger partial charge in [0.05, 0.1) is 16.7 Å². The molecule has 0 spiro atoms. The third-order valence-electron chi connectivity index (χ3n) is 1.79. The molecule has 0 saturated carbocycles. The monoisotopic (exact) mass is 244 g/mol. The highest BCUT2D eigenvalue weighted by molar-refractivity contribution is 9.10. The largest absolute Gasteiger partial charge is 0.348 e. The number of hydrogen-bond acceptors (Lipinski definition) is 3. The molecule has 70 valence electrons. The number of hydrogen-bond donors (Lipinski definition) is 0. The van der Waals surface area contributed by atoms with Gasteiger partial charge in [-0.3, -0.25) is 4.57 Å². The van der Waals surface area contributed by atoms with E-state index < -0.39 is 0 Å². The van der Waals surface area contributed by atoms with Crippen LogP contribution in [-0.2, 0) is 11.3 Å². The van der Waals surface area contributed by atoms with Gasteiger partial charge in [0.1, 0.15) is 6.29 Å².